The molecule has 26 heavy (non-hydrogen) atoms. The topological polar surface area (TPSA) is 45.5 Å². The summed E-state index contributed by atoms with van der Waals surface area (Å²) in [6.45, 7) is 2.42. The van der Waals surface area contributed by atoms with Crippen molar-refractivity contribution in [3.05, 3.63) is 69.9 Å². The maximum atomic E-state index is 12.6. The van der Waals surface area contributed by atoms with Gasteiger partial charge in [0.1, 0.15) is 5.58 Å². The molecule has 3 aromatic rings. The number of halogens is 2. The van der Waals surface area contributed by atoms with E-state index < -0.39 is 0 Å². The molecule has 6 heteroatoms. The number of fused-ring (bicyclic) bond motifs is 1. The molecule has 0 aliphatic rings. The van der Waals surface area contributed by atoms with Crippen LogP contribution in [0, 0.1) is 6.92 Å². The monoisotopic (exact) mass is 436 g/mol. The van der Waals surface area contributed by atoms with E-state index in [2.05, 4.69) is 38.3 Å². The Hall–Kier alpha value is -1.82. The molecule has 1 aromatic heterocycles. The first-order chi connectivity index (χ1) is 12.0. The first-order valence-electron chi connectivity index (χ1n) is 8.15. The van der Waals surface area contributed by atoms with Gasteiger partial charge in [-0.15, -0.1) is 12.4 Å². The largest absolute Gasteiger partial charge is 0.451 e. The summed E-state index contributed by atoms with van der Waals surface area (Å²) in [4.78, 5) is 14.7. The van der Waals surface area contributed by atoms with Crippen LogP contribution in [0.3, 0.4) is 0 Å². The second kappa shape index (κ2) is 8.71. The van der Waals surface area contributed by atoms with Crippen LogP contribution < -0.4 is 5.32 Å². The van der Waals surface area contributed by atoms with E-state index in [0.29, 0.717) is 12.3 Å². The number of likely N-dealkylation sites (N-methyl/N-ethyl adjacent to an activating group) is 1. The van der Waals surface area contributed by atoms with Gasteiger partial charge in [0.15, 0.2) is 5.76 Å². The lowest BCUT2D eigenvalue weighted by Gasteiger charge is -2.25. The lowest BCUT2D eigenvalue weighted by Crippen LogP contribution is -2.34. The number of amides is 1. The molecular formula is C20H22BrClN2O2. The molecule has 0 fully saturated rings. The molecule has 138 valence electrons. The minimum atomic E-state index is -0.187. The smallest absolute Gasteiger partial charge is 0.287 e. The zero-order chi connectivity index (χ0) is 18.0. The predicted molar refractivity (Wildman–Crippen MR) is 111 cm³/mol. The quantitative estimate of drug-likeness (QED) is 0.614. The number of hydrogen-bond acceptors (Lipinski definition) is 3. The third-order valence-electron chi connectivity index (χ3n) is 4.37. The minimum absolute atomic E-state index is 0. The zero-order valence-electron chi connectivity index (χ0n) is 15.0. The highest BCUT2D eigenvalue weighted by molar-refractivity contribution is 9.10. The zero-order valence-corrected chi connectivity index (χ0v) is 17.4. The first-order valence-corrected chi connectivity index (χ1v) is 8.95. The lowest BCUT2D eigenvalue weighted by molar-refractivity contribution is 0.0915. The third-order valence-corrected chi connectivity index (χ3v) is 4.86. The van der Waals surface area contributed by atoms with Gasteiger partial charge in [0, 0.05) is 22.0 Å². The van der Waals surface area contributed by atoms with Gasteiger partial charge in [-0.25, -0.2) is 0 Å². The van der Waals surface area contributed by atoms with Gasteiger partial charge in [-0.1, -0.05) is 46.3 Å². The van der Waals surface area contributed by atoms with Crippen LogP contribution in [0.2, 0.25) is 0 Å². The number of benzene rings is 2. The van der Waals surface area contributed by atoms with E-state index in [1.807, 2.05) is 57.4 Å². The van der Waals surface area contributed by atoms with Crippen LogP contribution in [0.5, 0.6) is 0 Å². The molecular weight excluding hydrogens is 416 g/mol. The molecule has 4 nitrogen and oxygen atoms in total. The van der Waals surface area contributed by atoms with Gasteiger partial charge in [0.2, 0.25) is 0 Å². The summed E-state index contributed by atoms with van der Waals surface area (Å²) in [5, 5.41) is 3.96. The molecule has 3 rings (SSSR count). The van der Waals surface area contributed by atoms with Crippen molar-refractivity contribution in [2.45, 2.75) is 13.0 Å². The van der Waals surface area contributed by atoms with E-state index in [9.17, 15) is 4.79 Å². The molecule has 1 amide bonds. The SMILES string of the molecule is Cc1c(C(=O)NCC(c2ccccc2)N(C)C)oc2ccc(Br)cc12.Cl. The van der Waals surface area contributed by atoms with Gasteiger partial charge in [0.25, 0.3) is 5.91 Å². The number of carbonyl (C=O) groups excluding carboxylic acids is 1. The van der Waals surface area contributed by atoms with Gasteiger partial charge in [-0.3, -0.25) is 4.79 Å². The molecule has 1 unspecified atom stereocenters. The fraction of sp³-hybridized carbons (Fsp3) is 0.250. The van der Waals surface area contributed by atoms with Gasteiger partial charge >= 0.3 is 0 Å². The fourth-order valence-corrected chi connectivity index (χ4v) is 3.31. The van der Waals surface area contributed by atoms with Gasteiger partial charge in [-0.05, 0) is 44.8 Å². The van der Waals surface area contributed by atoms with Crippen molar-refractivity contribution < 1.29 is 9.21 Å². The van der Waals surface area contributed by atoms with Gasteiger partial charge < -0.3 is 14.6 Å². The number of carbonyl (C=O) groups is 1. The number of hydrogen-bond donors (Lipinski definition) is 1. The molecule has 0 aliphatic heterocycles. The van der Waals surface area contributed by atoms with E-state index >= 15 is 0 Å². The highest BCUT2D eigenvalue weighted by Gasteiger charge is 2.20. The molecule has 0 radical (unpaired) electrons. The third kappa shape index (κ3) is 4.29. The molecule has 0 saturated carbocycles. The number of rotatable bonds is 5. The molecule has 0 saturated heterocycles. The van der Waals surface area contributed by atoms with Crippen LogP contribution in [0.4, 0.5) is 0 Å². The molecule has 0 bridgehead atoms. The van der Waals surface area contributed by atoms with Crippen LogP contribution in [0.1, 0.15) is 27.7 Å². The second-order valence-electron chi connectivity index (χ2n) is 6.30. The van der Waals surface area contributed by atoms with Gasteiger partial charge in [0.05, 0.1) is 6.04 Å². The molecule has 0 aliphatic carbocycles. The molecule has 1 heterocycles. The summed E-state index contributed by atoms with van der Waals surface area (Å²) in [6.07, 6.45) is 0. The highest BCUT2D eigenvalue weighted by atomic mass is 79.9. The van der Waals surface area contributed by atoms with Crippen LogP contribution in [0.25, 0.3) is 11.0 Å². The Balaban J connectivity index is 0.00000243. The first kappa shape index (κ1) is 20.5. The van der Waals surface area contributed by atoms with E-state index in [1.54, 1.807) is 0 Å². The Morgan fingerprint density at radius 1 is 1.19 bits per heavy atom. The highest BCUT2D eigenvalue weighted by Crippen LogP contribution is 2.28. The normalized spacial score (nSPS) is 12.0. The summed E-state index contributed by atoms with van der Waals surface area (Å²) in [7, 11) is 4.02. The molecule has 1 N–H and O–H groups in total. The Morgan fingerprint density at radius 2 is 1.88 bits per heavy atom. The van der Waals surface area contributed by atoms with Crippen molar-refractivity contribution in [2.75, 3.05) is 20.6 Å². The van der Waals surface area contributed by atoms with Crippen LogP contribution >= 0.6 is 28.3 Å². The average molecular weight is 438 g/mol. The van der Waals surface area contributed by atoms with Crippen LogP contribution in [-0.2, 0) is 0 Å². The summed E-state index contributed by atoms with van der Waals surface area (Å²) in [5.41, 5.74) is 2.74. The minimum Gasteiger partial charge on any atom is -0.451 e. The molecule has 2 aromatic carbocycles. The van der Waals surface area contributed by atoms with Gasteiger partial charge in [-0.2, -0.15) is 0 Å². The summed E-state index contributed by atoms with van der Waals surface area (Å²) in [6, 6.07) is 16.0. The number of aryl methyl sites for hydroxylation is 1. The maximum Gasteiger partial charge on any atom is 0.287 e. The summed E-state index contributed by atoms with van der Waals surface area (Å²) < 4.78 is 6.73. The maximum absolute atomic E-state index is 12.6. The van der Waals surface area contributed by atoms with Crippen molar-refractivity contribution in [1.29, 1.82) is 0 Å². The van der Waals surface area contributed by atoms with Crippen molar-refractivity contribution >= 4 is 45.2 Å². The molecule has 0 spiro atoms. The fourth-order valence-electron chi connectivity index (χ4n) is 2.95. The number of nitrogens with zero attached hydrogens (tertiary/aromatic N) is 1. The lowest BCUT2D eigenvalue weighted by atomic mass is 10.1. The van der Waals surface area contributed by atoms with Crippen molar-refractivity contribution in [1.82, 2.24) is 10.2 Å². The van der Waals surface area contributed by atoms with E-state index in [4.69, 9.17) is 4.42 Å². The van der Waals surface area contributed by atoms with E-state index in [1.165, 1.54) is 0 Å². The van der Waals surface area contributed by atoms with Crippen molar-refractivity contribution in [3.63, 3.8) is 0 Å². The summed E-state index contributed by atoms with van der Waals surface area (Å²) >= 11 is 3.46. The Morgan fingerprint density at radius 3 is 2.54 bits per heavy atom. The van der Waals surface area contributed by atoms with Crippen molar-refractivity contribution in [2.24, 2.45) is 0 Å². The predicted octanol–water partition coefficient (Wildman–Crippen LogP) is 4.96. The summed E-state index contributed by atoms with van der Waals surface area (Å²) in [5.74, 6) is 0.186. The van der Waals surface area contributed by atoms with Crippen LogP contribution in [0.15, 0.2) is 57.4 Å². The number of nitrogens with one attached hydrogen (secondary N) is 1. The second-order valence-corrected chi connectivity index (χ2v) is 7.21. The van der Waals surface area contributed by atoms with Crippen LogP contribution in [-0.4, -0.2) is 31.4 Å². The molecule has 1 atom stereocenters. The Labute approximate surface area is 168 Å². The Bertz CT molecular complexity index is 893. The average Bonchev–Trinajstić information content (AvgIpc) is 2.92. The van der Waals surface area contributed by atoms with E-state index in [0.717, 1.165) is 26.6 Å². The Kier molecular flexibility index (Phi) is 6.87. The van der Waals surface area contributed by atoms with Crippen molar-refractivity contribution in [3.8, 4) is 0 Å². The standard InChI is InChI=1S/C20H21BrN2O2.ClH/c1-13-16-11-15(21)9-10-18(16)25-19(13)20(24)22-12-17(23(2)3)14-7-5-4-6-8-14;/h4-11,17H,12H2,1-3H3,(H,22,24);1H. The number of furan rings is 1. The van der Waals surface area contributed by atoms with E-state index in [-0.39, 0.29) is 24.4 Å².